The maximum atomic E-state index is 15.1. The summed E-state index contributed by atoms with van der Waals surface area (Å²) in [6, 6.07) is 25.5. The average molecular weight is 2010 g/mol. The zero-order valence-electron chi connectivity index (χ0n) is 84.7. The number of para-hydroxylation sites is 1. The maximum absolute atomic E-state index is 15.1. The van der Waals surface area contributed by atoms with Crippen molar-refractivity contribution in [1.82, 2.24) is 36.3 Å². The van der Waals surface area contributed by atoms with Gasteiger partial charge in [0.1, 0.15) is 35.8 Å². The second-order valence-electron chi connectivity index (χ2n) is 40.4. The Kier molecular flexibility index (Phi) is 44.8. The van der Waals surface area contributed by atoms with Crippen molar-refractivity contribution in [3.05, 3.63) is 135 Å². The quantitative estimate of drug-likeness (QED) is 0.00589. The molecule has 2 fully saturated rings. The summed E-state index contributed by atoms with van der Waals surface area (Å²) < 4.78 is 84.1. The van der Waals surface area contributed by atoms with E-state index < -0.39 is 85.6 Å². The predicted octanol–water partition coefficient (Wildman–Crippen LogP) is 12.3. The molecule has 34 nitrogen and oxygen atoms in total. The molecule has 10 N–H and O–H groups in total. The number of ketones is 4. The smallest absolute Gasteiger partial charge is 0.312 e. The van der Waals surface area contributed by atoms with Gasteiger partial charge in [0.25, 0.3) is 10.1 Å². The number of nitrogens with two attached hydrogens (primary N) is 2. The molecule has 2 heterocycles. The summed E-state index contributed by atoms with van der Waals surface area (Å²) in [4.78, 5) is 155. The first-order chi connectivity index (χ1) is 68.8. The molecule has 1 aromatic heterocycles. The summed E-state index contributed by atoms with van der Waals surface area (Å²) in [7, 11) is -4.10. The van der Waals surface area contributed by atoms with Gasteiger partial charge in [0.05, 0.1) is 146 Å². The van der Waals surface area contributed by atoms with Crippen molar-refractivity contribution in [3.63, 3.8) is 0 Å². The summed E-state index contributed by atoms with van der Waals surface area (Å²) in [6.07, 6.45) is 13.5. The first-order valence-electron chi connectivity index (χ1n) is 51.7. The number of nitrogen functional groups attached to an aromatic ring is 1. The highest BCUT2D eigenvalue weighted by molar-refractivity contribution is 7.85. The van der Waals surface area contributed by atoms with Crippen molar-refractivity contribution in [2.45, 2.75) is 270 Å². The second kappa shape index (κ2) is 56.6. The second-order valence-corrected chi connectivity index (χ2v) is 41.9. The first kappa shape index (κ1) is 113. The number of hydrogen-bond donors (Lipinski definition) is 8. The number of rotatable bonds is 62. The van der Waals surface area contributed by atoms with Crippen LogP contribution in [0.1, 0.15) is 271 Å². The summed E-state index contributed by atoms with van der Waals surface area (Å²) in [5.41, 5.74) is 20.1. The summed E-state index contributed by atoms with van der Waals surface area (Å²) in [6.45, 7) is 17.5. The number of nitrogens with one attached hydrogen (secondary N) is 5. The van der Waals surface area contributed by atoms with Gasteiger partial charge >= 0.3 is 6.03 Å². The van der Waals surface area contributed by atoms with Crippen LogP contribution >= 0.6 is 0 Å². The van der Waals surface area contributed by atoms with Gasteiger partial charge in [0.2, 0.25) is 35.4 Å². The van der Waals surface area contributed by atoms with E-state index in [1.807, 2.05) is 91.3 Å². The van der Waals surface area contributed by atoms with Crippen LogP contribution in [0.4, 0.5) is 21.9 Å². The Morgan fingerprint density at radius 1 is 0.531 bits per heavy atom. The number of unbranched alkanes of at least 4 members (excludes halogenated alkanes) is 1. The molecule has 1 unspecified atom stereocenters. The molecule has 8 amide bonds. The predicted molar refractivity (Wildman–Crippen MR) is 539 cm³/mol. The third-order valence-corrected chi connectivity index (χ3v) is 30.5. The Hall–Kier alpha value is -10.1. The molecule has 6 aliphatic rings. The van der Waals surface area contributed by atoms with Crippen LogP contribution < -0.4 is 43.0 Å². The van der Waals surface area contributed by atoms with E-state index in [2.05, 4.69) is 74.7 Å². The molecule has 4 aromatic carbocycles. The third-order valence-electron chi connectivity index (χ3n) is 29.7. The van der Waals surface area contributed by atoms with Gasteiger partial charge in [0.15, 0.2) is 5.78 Å². The molecule has 0 radical (unpaired) electrons. The van der Waals surface area contributed by atoms with Gasteiger partial charge in [-0.2, -0.15) is 8.42 Å². The minimum atomic E-state index is -4.10. The number of aryl methyl sites for hydroxylation is 2. The van der Waals surface area contributed by atoms with Gasteiger partial charge in [-0.3, -0.25) is 57.8 Å². The highest BCUT2D eigenvalue weighted by atomic mass is 32.2. The number of primary amides is 1. The lowest BCUT2D eigenvalue weighted by Gasteiger charge is -2.56. The Labute approximate surface area is 842 Å². The number of nitrogens with zero attached hydrogens (tertiary/aromatic N) is 4. The number of carbonyl (C=O) groups is 11. The average Bonchev–Trinajstić information content (AvgIpc) is 0.912. The van der Waals surface area contributed by atoms with E-state index in [1.54, 1.807) is 18.7 Å². The van der Waals surface area contributed by atoms with E-state index in [9.17, 15) is 56.4 Å². The Balaban J connectivity index is 0.639. The number of ether oxygens (including phenoxy) is 9. The number of amides is 8. The Morgan fingerprint density at radius 3 is 1.72 bits per heavy atom. The highest BCUT2D eigenvalue weighted by Crippen LogP contribution is 2.60. The molecule has 1 aliphatic heterocycles. The highest BCUT2D eigenvalue weighted by Gasteiger charge is 2.59. The molecule has 143 heavy (non-hydrogen) atoms. The van der Waals surface area contributed by atoms with Gasteiger partial charge in [-0.25, -0.2) is 9.48 Å². The fourth-order valence-corrected chi connectivity index (χ4v) is 22.4. The summed E-state index contributed by atoms with van der Waals surface area (Å²) in [5, 5.41) is 23.8. The number of urea groups is 1. The van der Waals surface area contributed by atoms with Crippen LogP contribution in [-0.4, -0.2) is 230 Å². The maximum Gasteiger partial charge on any atom is 0.312 e. The van der Waals surface area contributed by atoms with Gasteiger partial charge < -0.3 is 80.3 Å². The van der Waals surface area contributed by atoms with Gasteiger partial charge in [-0.15, -0.1) is 5.10 Å². The van der Waals surface area contributed by atoms with Gasteiger partial charge in [0, 0.05) is 105 Å². The van der Waals surface area contributed by atoms with E-state index in [0.29, 0.717) is 135 Å². The molecule has 2 saturated carbocycles. The molecule has 11 rings (SSSR count). The van der Waals surface area contributed by atoms with Crippen LogP contribution in [0, 0.1) is 52.3 Å². The topological polar surface area (TPSA) is 471 Å². The molecule has 0 bridgehead atoms. The summed E-state index contributed by atoms with van der Waals surface area (Å²) >= 11 is 0. The Morgan fingerprint density at radius 2 is 1.08 bits per heavy atom. The zero-order valence-corrected chi connectivity index (χ0v) is 85.5. The lowest BCUT2D eigenvalue weighted by molar-refractivity contribution is -0.150. The van der Waals surface area contributed by atoms with Crippen molar-refractivity contribution < 1.29 is 108 Å². The molecule has 0 saturated heterocycles. The minimum absolute atomic E-state index is 0.0118. The fourth-order valence-electron chi connectivity index (χ4n) is 21.9. The van der Waals surface area contributed by atoms with Gasteiger partial charge in [-0.05, 0) is 208 Å². The number of hydrogen-bond acceptors (Lipinski definition) is 25. The zero-order chi connectivity index (χ0) is 102. The minimum Gasteiger partial charge on any atom is -0.399 e. The van der Waals surface area contributed by atoms with E-state index in [1.165, 1.54) is 11.1 Å². The SMILES string of the molecule is CC(C)[C@H](NC(=O)[C@@H](CCCCNC(=O)COC1CCCCCc2c1nnn2CCOCCOCCOCCOCCC(=O)CCCS(=O)(=O)O)CC(=O)CCOCCOCCOCCOCCCC(=O)CCC(=O)N1Cc2ccccc2C#Cc2ccccc21)C(=O)C[C@@H](CCCNC(N)=O)C(=O)Nc1ccc2c(c1)[C@@]1(C)CCC[C@](C)(C(=O)NC(=O)[C@@]3(C)CCC[C@]4(C)c5cc(N)ccc5CC[C@@H]34)[C@@H]1CC2. The molecular weight excluding hydrogens is 1850 g/mol. The standard InChI is InChI=1S/C108H153N11O23S/c1-75(2)98(92(123)70-81(25-16-50-112-104(110)130)100(126)113-84-38-34-78-36-41-95-106(4,89(78)72-84)46-20-48-108(95,6)103(129)115-102(128)107(5)47-19-45-105(3)88-71-83(109)37-33-77(88)35-40-94(105)107)114-101(127)80(69-87(122)44-54-136-58-62-140-65-64-138-60-56-134-52-17-26-85(120)39-42-97(125)118-73-82-24-11-10-21-76(82)31-32-79-22-12-13-28-90(79)118)23-14-15-49-111-96(124)74-142-93-30-9-7-8-29-91-99(93)116-117-119(91)51-55-137-59-63-141-67-66-139-61-57-135-53-43-86(121)27-18-68-143(131,132)133/h10-13,21-22,24,28,33-34,37-38,71-72,75,80-81,93-95,98H,7-9,14-20,23,25-27,29-30,35-36,39-70,73-74,109H2,1-6H3,(H,111,124)(H,113,126)(H,114,127)(H3,110,112,130)(H,115,128,129)(H,131,132,133)/t80-,81+,93?,94+,95+,98-,105+,106+,107-,108-/m0/s1. The van der Waals surface area contributed by atoms with Crippen LogP contribution in [0.3, 0.4) is 0 Å². The van der Waals surface area contributed by atoms with E-state index >= 15 is 4.79 Å². The molecule has 5 aliphatic carbocycles. The van der Waals surface area contributed by atoms with Crippen molar-refractivity contribution >= 4 is 91.8 Å². The van der Waals surface area contributed by atoms with E-state index in [4.69, 9.17) is 58.7 Å². The van der Waals surface area contributed by atoms with E-state index in [-0.39, 0.29) is 201 Å². The monoisotopic (exact) mass is 2000 g/mol. The largest absolute Gasteiger partial charge is 0.399 e. The van der Waals surface area contributed by atoms with Crippen LogP contribution in [0.15, 0.2) is 84.9 Å². The normalized spacial score (nSPS) is 20.7. The molecule has 784 valence electrons. The van der Waals surface area contributed by atoms with Gasteiger partial charge in [-0.1, -0.05) is 133 Å². The Bertz CT molecular complexity index is 5290. The number of fused-ring (bicyclic) bond motifs is 9. The van der Waals surface area contributed by atoms with Crippen molar-refractivity contribution in [2.75, 3.05) is 147 Å². The molecular formula is C108H153N11O23S. The lowest BCUT2D eigenvalue weighted by Crippen LogP contribution is -2.60. The number of aromatic nitrogens is 3. The first-order valence-corrected chi connectivity index (χ1v) is 53.3. The molecule has 5 aromatic rings. The van der Waals surface area contributed by atoms with Crippen molar-refractivity contribution in [3.8, 4) is 11.8 Å². The molecule has 0 spiro atoms. The molecule has 35 heteroatoms. The number of imide groups is 1. The van der Waals surface area contributed by atoms with Crippen LogP contribution in [0.25, 0.3) is 0 Å². The number of benzene rings is 4. The van der Waals surface area contributed by atoms with Crippen LogP contribution in [-0.2, 0) is 144 Å². The number of carbonyl (C=O) groups excluding carboxylic acids is 11. The number of Topliss-reactive ketones (excluding diaryl/α,β-unsaturated/α-hetero) is 4. The number of anilines is 3. The van der Waals surface area contributed by atoms with Crippen LogP contribution in [0.2, 0.25) is 0 Å². The van der Waals surface area contributed by atoms with Crippen LogP contribution in [0.5, 0.6) is 0 Å². The summed E-state index contributed by atoms with van der Waals surface area (Å²) in [5.74, 6) is 0.771. The third kappa shape index (κ3) is 33.7. The van der Waals surface area contributed by atoms with Crippen molar-refractivity contribution in [1.29, 1.82) is 0 Å². The lowest BCUT2D eigenvalue weighted by atomic mass is 9.49. The molecule has 10 atom stereocenters. The fraction of sp³-hybridized carbons (Fsp3) is 0.639. The van der Waals surface area contributed by atoms with E-state index in [0.717, 1.165) is 110 Å². The van der Waals surface area contributed by atoms with Crippen molar-refractivity contribution in [2.24, 2.45) is 46.2 Å².